The minimum atomic E-state index is -0.770. The number of amides is 1. The number of thiocarbonyl (C=S) groups is 1. The third-order valence-corrected chi connectivity index (χ3v) is 1.76. The zero-order valence-corrected chi connectivity index (χ0v) is 8.41. The second kappa shape index (κ2) is 4.79. The lowest BCUT2D eigenvalue weighted by Crippen LogP contribution is -2.36. The molecule has 0 bridgehead atoms. The molecule has 0 fully saturated rings. The van der Waals surface area contributed by atoms with Crippen molar-refractivity contribution in [2.45, 2.75) is 6.42 Å². The number of halogens is 2. The Morgan fingerprint density at radius 1 is 1.40 bits per heavy atom. The van der Waals surface area contributed by atoms with Crippen LogP contribution in [-0.4, -0.2) is 11.0 Å². The smallest absolute Gasteiger partial charge is 0.230 e. The number of carbonyl (C=O) groups is 1. The maximum Gasteiger partial charge on any atom is 0.230 e. The Balaban J connectivity index is 2.80. The standard InChI is InChI=1S/C9H8F2N2OS/c10-6-2-1-3-7(11)5(6)4-8(14)13-9(12)15/h1-3H,4H2,(H3,12,13,14,15). The zero-order valence-electron chi connectivity index (χ0n) is 7.59. The lowest BCUT2D eigenvalue weighted by Gasteiger charge is -2.04. The Labute approximate surface area is 90.3 Å². The first-order chi connectivity index (χ1) is 7.00. The van der Waals surface area contributed by atoms with Crippen molar-refractivity contribution in [2.75, 3.05) is 0 Å². The van der Waals surface area contributed by atoms with Crippen molar-refractivity contribution in [3.8, 4) is 0 Å². The molecule has 0 saturated carbocycles. The normalized spacial score (nSPS) is 9.73. The molecule has 15 heavy (non-hydrogen) atoms. The van der Waals surface area contributed by atoms with Gasteiger partial charge in [-0.3, -0.25) is 4.79 Å². The van der Waals surface area contributed by atoms with Gasteiger partial charge in [0.2, 0.25) is 5.91 Å². The number of hydrogen-bond donors (Lipinski definition) is 2. The van der Waals surface area contributed by atoms with Gasteiger partial charge in [-0.1, -0.05) is 6.07 Å². The number of benzene rings is 1. The highest BCUT2D eigenvalue weighted by molar-refractivity contribution is 7.80. The van der Waals surface area contributed by atoms with Gasteiger partial charge in [0.25, 0.3) is 0 Å². The average Bonchev–Trinajstić information content (AvgIpc) is 2.10. The molecule has 0 atom stereocenters. The highest BCUT2D eigenvalue weighted by Crippen LogP contribution is 2.12. The van der Waals surface area contributed by atoms with Crippen molar-refractivity contribution in [3.63, 3.8) is 0 Å². The Bertz CT molecular complexity index is 389. The summed E-state index contributed by atoms with van der Waals surface area (Å²) in [6.07, 6.45) is -0.435. The van der Waals surface area contributed by atoms with Gasteiger partial charge in [0.05, 0.1) is 6.42 Å². The van der Waals surface area contributed by atoms with Gasteiger partial charge in [-0.05, 0) is 24.4 Å². The summed E-state index contributed by atoms with van der Waals surface area (Å²) in [4.78, 5) is 11.1. The van der Waals surface area contributed by atoms with Gasteiger partial charge in [-0.2, -0.15) is 0 Å². The van der Waals surface area contributed by atoms with Crippen molar-refractivity contribution in [3.05, 3.63) is 35.4 Å². The molecule has 3 N–H and O–H groups in total. The van der Waals surface area contributed by atoms with Crippen molar-refractivity contribution in [1.82, 2.24) is 5.32 Å². The summed E-state index contributed by atoms with van der Waals surface area (Å²) in [6, 6.07) is 3.37. The number of nitrogens with one attached hydrogen (secondary N) is 1. The Hall–Kier alpha value is -1.56. The van der Waals surface area contributed by atoms with E-state index in [1.54, 1.807) is 0 Å². The van der Waals surface area contributed by atoms with Gasteiger partial charge >= 0.3 is 0 Å². The molecule has 1 aromatic rings. The second-order valence-corrected chi connectivity index (χ2v) is 3.23. The van der Waals surface area contributed by atoms with Crippen molar-refractivity contribution in [2.24, 2.45) is 5.73 Å². The molecule has 0 radical (unpaired) electrons. The van der Waals surface area contributed by atoms with E-state index in [0.29, 0.717) is 0 Å². The maximum absolute atomic E-state index is 13.1. The third kappa shape index (κ3) is 3.25. The first-order valence-electron chi connectivity index (χ1n) is 4.03. The molecule has 0 heterocycles. The SMILES string of the molecule is NC(=S)NC(=O)Cc1c(F)cccc1F. The molecule has 6 heteroatoms. The van der Waals surface area contributed by atoms with E-state index in [-0.39, 0.29) is 10.7 Å². The molecule has 80 valence electrons. The summed E-state index contributed by atoms with van der Waals surface area (Å²) in [5.74, 6) is -2.19. The highest BCUT2D eigenvalue weighted by Gasteiger charge is 2.12. The summed E-state index contributed by atoms with van der Waals surface area (Å²) >= 11 is 4.41. The molecule has 1 amide bonds. The van der Waals surface area contributed by atoms with Crippen LogP contribution in [0.2, 0.25) is 0 Å². The van der Waals surface area contributed by atoms with Gasteiger partial charge < -0.3 is 11.1 Å². The van der Waals surface area contributed by atoms with Crippen LogP contribution in [0.5, 0.6) is 0 Å². The first kappa shape index (κ1) is 11.5. The fourth-order valence-corrected chi connectivity index (χ4v) is 1.16. The van der Waals surface area contributed by atoms with Gasteiger partial charge in [0.1, 0.15) is 11.6 Å². The molecule has 1 aromatic carbocycles. The monoisotopic (exact) mass is 230 g/mol. The Morgan fingerprint density at radius 2 is 1.93 bits per heavy atom. The Morgan fingerprint density at radius 3 is 2.40 bits per heavy atom. The zero-order chi connectivity index (χ0) is 11.4. The van der Waals surface area contributed by atoms with Crippen LogP contribution in [0, 0.1) is 11.6 Å². The van der Waals surface area contributed by atoms with Gasteiger partial charge in [-0.15, -0.1) is 0 Å². The number of rotatable bonds is 2. The van der Waals surface area contributed by atoms with E-state index in [0.717, 1.165) is 12.1 Å². The van der Waals surface area contributed by atoms with Crippen LogP contribution in [-0.2, 0) is 11.2 Å². The molecule has 0 aromatic heterocycles. The summed E-state index contributed by atoms with van der Waals surface area (Å²) < 4.78 is 26.1. The number of nitrogens with two attached hydrogens (primary N) is 1. The van der Waals surface area contributed by atoms with Crippen LogP contribution in [0.15, 0.2) is 18.2 Å². The molecule has 0 saturated heterocycles. The molecule has 0 spiro atoms. The van der Waals surface area contributed by atoms with Crippen LogP contribution in [0.3, 0.4) is 0 Å². The fourth-order valence-electron chi connectivity index (χ4n) is 1.04. The van der Waals surface area contributed by atoms with E-state index >= 15 is 0 Å². The quantitative estimate of drug-likeness (QED) is 0.741. The second-order valence-electron chi connectivity index (χ2n) is 2.79. The molecule has 1 rings (SSSR count). The molecule has 0 aliphatic rings. The van der Waals surface area contributed by atoms with E-state index in [1.165, 1.54) is 6.07 Å². The minimum Gasteiger partial charge on any atom is -0.376 e. The van der Waals surface area contributed by atoms with Crippen molar-refractivity contribution >= 4 is 23.2 Å². The highest BCUT2D eigenvalue weighted by atomic mass is 32.1. The van der Waals surface area contributed by atoms with Crippen LogP contribution in [0.25, 0.3) is 0 Å². The third-order valence-electron chi connectivity index (χ3n) is 1.66. The average molecular weight is 230 g/mol. The van der Waals surface area contributed by atoms with Gasteiger partial charge in [-0.25, -0.2) is 8.78 Å². The lowest BCUT2D eigenvalue weighted by atomic mass is 10.1. The van der Waals surface area contributed by atoms with Crippen molar-refractivity contribution < 1.29 is 13.6 Å². The predicted octanol–water partition coefficient (Wildman–Crippen LogP) is 0.867. The summed E-state index contributed by atoms with van der Waals surface area (Å²) in [5, 5.41) is 1.86. The van der Waals surface area contributed by atoms with E-state index in [2.05, 4.69) is 17.5 Å². The van der Waals surface area contributed by atoms with Gasteiger partial charge in [0.15, 0.2) is 5.11 Å². The first-order valence-corrected chi connectivity index (χ1v) is 4.43. The van der Waals surface area contributed by atoms with E-state index in [9.17, 15) is 13.6 Å². The van der Waals surface area contributed by atoms with Gasteiger partial charge in [0, 0.05) is 5.56 Å². The molecule has 3 nitrogen and oxygen atoms in total. The molecular weight excluding hydrogens is 222 g/mol. The van der Waals surface area contributed by atoms with Crippen LogP contribution >= 0.6 is 12.2 Å². The van der Waals surface area contributed by atoms with E-state index < -0.39 is 24.0 Å². The predicted molar refractivity (Wildman–Crippen MR) is 55.0 cm³/mol. The van der Waals surface area contributed by atoms with Crippen LogP contribution in [0.4, 0.5) is 8.78 Å². The number of carbonyl (C=O) groups excluding carboxylic acids is 1. The topological polar surface area (TPSA) is 55.1 Å². The molecule has 0 unspecified atom stereocenters. The number of hydrogen-bond acceptors (Lipinski definition) is 2. The maximum atomic E-state index is 13.1. The molecule has 0 aliphatic carbocycles. The van der Waals surface area contributed by atoms with Crippen molar-refractivity contribution in [1.29, 1.82) is 0 Å². The minimum absolute atomic E-state index is 0.225. The molecular formula is C9H8F2N2OS. The van der Waals surface area contributed by atoms with Crippen LogP contribution in [0.1, 0.15) is 5.56 Å². The lowest BCUT2D eigenvalue weighted by molar-refractivity contribution is -0.119. The fraction of sp³-hybridized carbons (Fsp3) is 0.111. The summed E-state index contributed by atoms with van der Waals surface area (Å²) in [5.41, 5.74) is 4.74. The Kier molecular flexibility index (Phi) is 3.68. The van der Waals surface area contributed by atoms with E-state index in [1.807, 2.05) is 0 Å². The molecule has 0 aliphatic heterocycles. The summed E-state index contributed by atoms with van der Waals surface area (Å²) in [6.45, 7) is 0. The largest absolute Gasteiger partial charge is 0.376 e. The van der Waals surface area contributed by atoms with Crippen LogP contribution < -0.4 is 11.1 Å². The summed E-state index contributed by atoms with van der Waals surface area (Å²) in [7, 11) is 0. The van der Waals surface area contributed by atoms with E-state index in [4.69, 9.17) is 5.73 Å².